The molecule has 2 N–H and O–H groups in total. The van der Waals surface area contributed by atoms with Crippen LogP contribution in [0.2, 0.25) is 0 Å². The molecule has 1 aliphatic heterocycles. The minimum absolute atomic E-state index is 0.588. The first-order valence-electron chi connectivity index (χ1n) is 7.61. The van der Waals surface area contributed by atoms with Gasteiger partial charge in [-0.25, -0.2) is 0 Å². The van der Waals surface area contributed by atoms with Crippen LogP contribution in [0.1, 0.15) is 32.1 Å². The van der Waals surface area contributed by atoms with E-state index < -0.39 is 0 Å². The molecule has 1 heterocycles. The molecule has 3 unspecified atom stereocenters. The molecule has 1 aromatic carbocycles. The van der Waals surface area contributed by atoms with Gasteiger partial charge in [0.1, 0.15) is 5.75 Å². The topological polar surface area (TPSA) is 33.3 Å². The molecule has 0 aromatic heterocycles. The molecule has 20 heavy (non-hydrogen) atoms. The summed E-state index contributed by atoms with van der Waals surface area (Å²) in [5.74, 6) is 1.66. The predicted octanol–water partition coefficient (Wildman–Crippen LogP) is 3.79. The molecule has 1 aliphatic carbocycles. The van der Waals surface area contributed by atoms with Crippen molar-refractivity contribution in [2.75, 3.05) is 19.0 Å². The average molecular weight is 339 g/mol. The van der Waals surface area contributed by atoms with E-state index >= 15 is 0 Å². The zero-order valence-corrected chi connectivity index (χ0v) is 13.6. The van der Waals surface area contributed by atoms with Crippen molar-refractivity contribution in [1.82, 2.24) is 5.32 Å². The molecule has 2 fully saturated rings. The van der Waals surface area contributed by atoms with Crippen molar-refractivity contribution in [2.45, 2.75) is 44.2 Å². The molecule has 3 nitrogen and oxygen atoms in total. The van der Waals surface area contributed by atoms with Gasteiger partial charge in [-0.3, -0.25) is 0 Å². The van der Waals surface area contributed by atoms with Gasteiger partial charge in [0.15, 0.2) is 0 Å². The van der Waals surface area contributed by atoms with Crippen molar-refractivity contribution in [3.8, 4) is 5.75 Å². The number of benzene rings is 1. The lowest BCUT2D eigenvalue weighted by atomic mass is 9.93. The minimum atomic E-state index is 0.588. The molecule has 2 aliphatic rings. The summed E-state index contributed by atoms with van der Waals surface area (Å²) in [5.41, 5.74) is 1.16. The van der Waals surface area contributed by atoms with Crippen molar-refractivity contribution < 1.29 is 4.74 Å². The highest BCUT2D eigenvalue weighted by Gasteiger charge is 2.34. The molecule has 1 saturated carbocycles. The summed E-state index contributed by atoms with van der Waals surface area (Å²) in [6.45, 7) is 1.19. The van der Waals surface area contributed by atoms with Gasteiger partial charge in [-0.15, -0.1) is 0 Å². The molecule has 0 amide bonds. The van der Waals surface area contributed by atoms with Crippen molar-refractivity contribution >= 4 is 21.6 Å². The number of ether oxygens (including phenoxy) is 1. The molecular formula is C16H23BrN2O. The van der Waals surface area contributed by atoms with E-state index in [-0.39, 0.29) is 0 Å². The molecule has 3 rings (SSSR count). The van der Waals surface area contributed by atoms with E-state index in [1.165, 1.54) is 38.6 Å². The van der Waals surface area contributed by atoms with Gasteiger partial charge in [-0.2, -0.15) is 0 Å². The Morgan fingerprint density at radius 1 is 1.20 bits per heavy atom. The van der Waals surface area contributed by atoms with E-state index in [9.17, 15) is 0 Å². The Bertz CT molecular complexity index is 460. The Balaban J connectivity index is 1.71. The van der Waals surface area contributed by atoms with Crippen molar-refractivity contribution in [1.29, 1.82) is 0 Å². The predicted molar refractivity (Wildman–Crippen MR) is 86.5 cm³/mol. The van der Waals surface area contributed by atoms with Crippen LogP contribution in [0.3, 0.4) is 0 Å². The third kappa shape index (κ3) is 3.12. The fourth-order valence-electron chi connectivity index (χ4n) is 3.70. The maximum absolute atomic E-state index is 5.34. The standard InChI is InChI=1S/C16H23BrN2O/c1-20-13-9-11(17)8-12(10-13)19-16-5-2-4-14(16)15-6-3-7-18-15/h8-10,14-16,18-19H,2-7H2,1H3. The normalized spacial score (nSPS) is 29.6. The van der Waals surface area contributed by atoms with E-state index in [0.717, 1.165) is 21.8 Å². The number of methoxy groups -OCH3 is 1. The first-order chi connectivity index (χ1) is 9.76. The summed E-state index contributed by atoms with van der Waals surface area (Å²) < 4.78 is 6.41. The van der Waals surface area contributed by atoms with Crippen molar-refractivity contribution in [3.63, 3.8) is 0 Å². The Morgan fingerprint density at radius 3 is 2.85 bits per heavy atom. The highest BCUT2D eigenvalue weighted by atomic mass is 79.9. The van der Waals surface area contributed by atoms with Crippen molar-refractivity contribution in [3.05, 3.63) is 22.7 Å². The average Bonchev–Trinajstić information content (AvgIpc) is 3.08. The van der Waals surface area contributed by atoms with E-state index in [4.69, 9.17) is 4.74 Å². The molecule has 0 bridgehead atoms. The fourth-order valence-corrected chi connectivity index (χ4v) is 4.18. The van der Waals surface area contributed by atoms with Crippen molar-refractivity contribution in [2.24, 2.45) is 5.92 Å². The number of rotatable bonds is 4. The van der Waals surface area contributed by atoms with E-state index in [1.807, 2.05) is 6.07 Å². The highest BCUT2D eigenvalue weighted by molar-refractivity contribution is 9.10. The number of anilines is 1. The van der Waals surface area contributed by atoms with Crippen LogP contribution >= 0.6 is 15.9 Å². The van der Waals surface area contributed by atoms with Gasteiger partial charge in [0.25, 0.3) is 0 Å². The van der Waals surface area contributed by atoms with Gasteiger partial charge in [0.05, 0.1) is 7.11 Å². The van der Waals surface area contributed by atoms with Crippen LogP contribution in [0.15, 0.2) is 22.7 Å². The lowest BCUT2D eigenvalue weighted by molar-refractivity contribution is 0.376. The van der Waals surface area contributed by atoms with Gasteiger partial charge >= 0.3 is 0 Å². The van der Waals surface area contributed by atoms with E-state index in [1.54, 1.807) is 7.11 Å². The van der Waals surface area contributed by atoms with Gasteiger partial charge in [0.2, 0.25) is 0 Å². The Kier molecular flexibility index (Phi) is 4.51. The van der Waals surface area contributed by atoms with Gasteiger partial charge in [-0.05, 0) is 50.3 Å². The molecular weight excluding hydrogens is 316 g/mol. The van der Waals surface area contributed by atoms with E-state index in [2.05, 4.69) is 38.7 Å². The summed E-state index contributed by atoms with van der Waals surface area (Å²) in [4.78, 5) is 0. The zero-order valence-electron chi connectivity index (χ0n) is 12.0. The number of nitrogens with one attached hydrogen (secondary N) is 2. The maximum atomic E-state index is 5.34. The van der Waals surface area contributed by atoms with Crippen LogP contribution in [0, 0.1) is 5.92 Å². The number of hydrogen-bond donors (Lipinski definition) is 2. The number of halogens is 1. The van der Waals surface area contributed by atoms with Crippen LogP contribution in [0.5, 0.6) is 5.75 Å². The molecule has 4 heteroatoms. The zero-order chi connectivity index (χ0) is 13.9. The molecule has 3 atom stereocenters. The lowest BCUT2D eigenvalue weighted by Gasteiger charge is -2.27. The van der Waals surface area contributed by atoms with Gasteiger partial charge in [0, 0.05) is 28.3 Å². The molecule has 110 valence electrons. The number of hydrogen-bond acceptors (Lipinski definition) is 3. The third-order valence-electron chi connectivity index (χ3n) is 4.64. The molecule has 1 aromatic rings. The van der Waals surface area contributed by atoms with Crippen LogP contribution in [-0.4, -0.2) is 25.7 Å². The molecule has 0 radical (unpaired) electrons. The second-order valence-electron chi connectivity index (χ2n) is 5.93. The Morgan fingerprint density at radius 2 is 2.10 bits per heavy atom. The third-order valence-corrected chi connectivity index (χ3v) is 5.10. The largest absolute Gasteiger partial charge is 0.497 e. The fraction of sp³-hybridized carbons (Fsp3) is 0.625. The highest BCUT2D eigenvalue weighted by Crippen LogP contribution is 2.35. The summed E-state index contributed by atoms with van der Waals surface area (Å²) in [6, 6.07) is 7.52. The molecule has 0 spiro atoms. The van der Waals surface area contributed by atoms with Gasteiger partial charge < -0.3 is 15.4 Å². The molecule has 1 saturated heterocycles. The minimum Gasteiger partial charge on any atom is -0.497 e. The first kappa shape index (κ1) is 14.2. The smallest absolute Gasteiger partial charge is 0.122 e. The van der Waals surface area contributed by atoms with Crippen LogP contribution in [-0.2, 0) is 0 Å². The summed E-state index contributed by atoms with van der Waals surface area (Å²) in [7, 11) is 1.71. The van der Waals surface area contributed by atoms with Gasteiger partial charge in [-0.1, -0.05) is 22.4 Å². The summed E-state index contributed by atoms with van der Waals surface area (Å²) in [6.07, 6.45) is 6.63. The first-order valence-corrected chi connectivity index (χ1v) is 8.40. The Labute approximate surface area is 129 Å². The van der Waals surface area contributed by atoms with Crippen LogP contribution in [0.25, 0.3) is 0 Å². The van der Waals surface area contributed by atoms with Crippen LogP contribution < -0.4 is 15.4 Å². The summed E-state index contributed by atoms with van der Waals surface area (Å²) >= 11 is 3.55. The lowest BCUT2D eigenvalue weighted by Crippen LogP contribution is -2.38. The SMILES string of the molecule is COc1cc(Br)cc(NC2CCCC2C2CCCN2)c1. The Hall–Kier alpha value is -0.740. The van der Waals surface area contributed by atoms with E-state index in [0.29, 0.717) is 12.1 Å². The monoisotopic (exact) mass is 338 g/mol. The maximum Gasteiger partial charge on any atom is 0.122 e. The summed E-state index contributed by atoms with van der Waals surface area (Å²) in [5, 5.41) is 7.41. The second kappa shape index (κ2) is 6.35. The van der Waals surface area contributed by atoms with Crippen LogP contribution in [0.4, 0.5) is 5.69 Å². The quantitative estimate of drug-likeness (QED) is 0.876. The second-order valence-corrected chi connectivity index (χ2v) is 6.84.